The molecule has 0 spiro atoms. The van der Waals surface area contributed by atoms with E-state index in [1.54, 1.807) is 0 Å². The Kier molecular flexibility index (Phi) is 6.62. The van der Waals surface area contributed by atoms with Crippen molar-refractivity contribution in [3.05, 3.63) is 35.9 Å². The molecule has 3 heteroatoms. The van der Waals surface area contributed by atoms with E-state index >= 15 is 0 Å². The Morgan fingerprint density at radius 2 is 1.86 bits per heavy atom. The molecule has 0 radical (unpaired) electrons. The highest BCUT2D eigenvalue weighted by atomic mass is 32.2. The number of ether oxygens (including phenoxy) is 1. The van der Waals surface area contributed by atoms with Crippen LogP contribution in [0.2, 0.25) is 0 Å². The van der Waals surface area contributed by atoms with E-state index in [0.29, 0.717) is 23.4 Å². The molecule has 1 atom stereocenters. The minimum Gasteiger partial charge on any atom is -0.460 e. The van der Waals surface area contributed by atoms with Crippen molar-refractivity contribution in [3.8, 4) is 0 Å². The van der Waals surface area contributed by atoms with E-state index in [4.69, 9.17) is 4.74 Å². The normalized spacial score (nSPS) is 17.7. The molecular weight excluding hydrogens is 280 g/mol. The van der Waals surface area contributed by atoms with E-state index in [2.05, 4.69) is 24.6 Å². The fourth-order valence-electron chi connectivity index (χ4n) is 3.13. The predicted molar refractivity (Wildman–Crippen MR) is 90.8 cm³/mol. The largest absolute Gasteiger partial charge is 0.460 e. The van der Waals surface area contributed by atoms with Gasteiger partial charge in [0.05, 0.1) is 18.4 Å². The van der Waals surface area contributed by atoms with Crippen LogP contribution in [0.1, 0.15) is 43.6 Å². The third-order valence-electron chi connectivity index (χ3n) is 4.27. The minimum absolute atomic E-state index is 0.0152. The standard InChI is InChI=1S/C18H27O2S/c1-21(2)14-13-20-18(19)17(15-9-5-3-6-10-15)16-11-7-4-8-12-16/h3,5-6,9-10,16-17H,4,7-8,11-14H2,1-2H3/q+1/t17-/m1/s1. The molecule has 1 aromatic rings. The highest BCUT2D eigenvalue weighted by molar-refractivity contribution is 7.95. The number of rotatable bonds is 6. The van der Waals surface area contributed by atoms with Crippen molar-refractivity contribution >= 4 is 16.9 Å². The van der Waals surface area contributed by atoms with Gasteiger partial charge in [-0.25, -0.2) is 0 Å². The molecular formula is C18H27O2S+. The van der Waals surface area contributed by atoms with E-state index < -0.39 is 0 Å². The molecule has 1 fully saturated rings. The molecule has 0 N–H and O–H groups in total. The van der Waals surface area contributed by atoms with Crippen molar-refractivity contribution in [2.45, 2.75) is 38.0 Å². The van der Waals surface area contributed by atoms with Gasteiger partial charge in [0.15, 0.2) is 0 Å². The van der Waals surface area contributed by atoms with E-state index in [-0.39, 0.29) is 11.9 Å². The number of benzene rings is 1. The summed E-state index contributed by atoms with van der Waals surface area (Å²) in [4.78, 5) is 12.6. The summed E-state index contributed by atoms with van der Waals surface area (Å²) in [5.41, 5.74) is 1.13. The Labute approximate surface area is 131 Å². The molecule has 2 nitrogen and oxygen atoms in total. The molecule has 0 heterocycles. The van der Waals surface area contributed by atoms with Gasteiger partial charge in [-0.2, -0.15) is 0 Å². The van der Waals surface area contributed by atoms with Crippen molar-refractivity contribution in [2.24, 2.45) is 5.92 Å². The Hall–Kier alpha value is -0.960. The monoisotopic (exact) mass is 307 g/mol. The van der Waals surface area contributed by atoms with Crippen LogP contribution in [-0.4, -0.2) is 30.8 Å². The van der Waals surface area contributed by atoms with Crippen LogP contribution in [0.3, 0.4) is 0 Å². The molecule has 1 saturated carbocycles. The number of esters is 1. The number of hydrogen-bond donors (Lipinski definition) is 0. The summed E-state index contributed by atoms with van der Waals surface area (Å²) in [5.74, 6) is 1.34. The molecule has 0 aromatic heterocycles. The fraction of sp³-hybridized carbons (Fsp3) is 0.611. The Morgan fingerprint density at radius 3 is 2.48 bits per heavy atom. The van der Waals surface area contributed by atoms with Crippen LogP contribution in [0.5, 0.6) is 0 Å². The first-order valence-corrected chi connectivity index (χ1v) is 10.2. The first-order chi connectivity index (χ1) is 10.2. The lowest BCUT2D eigenvalue weighted by Crippen LogP contribution is -2.27. The summed E-state index contributed by atoms with van der Waals surface area (Å²) < 4.78 is 5.59. The molecule has 1 aromatic carbocycles. The molecule has 0 unspecified atom stereocenters. The van der Waals surface area contributed by atoms with E-state index in [1.807, 2.05) is 18.2 Å². The lowest BCUT2D eigenvalue weighted by atomic mass is 9.77. The first kappa shape index (κ1) is 16.4. The third-order valence-corrected chi connectivity index (χ3v) is 5.25. The van der Waals surface area contributed by atoms with Crippen LogP contribution >= 0.6 is 0 Å². The summed E-state index contributed by atoms with van der Waals surface area (Å²) in [7, 11) is 0.328. The quantitative estimate of drug-likeness (QED) is 0.591. The first-order valence-electron chi connectivity index (χ1n) is 7.94. The van der Waals surface area contributed by atoms with Crippen LogP contribution in [-0.2, 0) is 20.4 Å². The van der Waals surface area contributed by atoms with Crippen LogP contribution in [0.25, 0.3) is 0 Å². The van der Waals surface area contributed by atoms with Crippen LogP contribution in [0.4, 0.5) is 0 Å². The Morgan fingerprint density at radius 1 is 1.19 bits per heavy atom. The van der Waals surface area contributed by atoms with Gasteiger partial charge < -0.3 is 4.74 Å². The fourth-order valence-corrected chi connectivity index (χ4v) is 3.54. The van der Waals surface area contributed by atoms with Crippen LogP contribution in [0, 0.1) is 5.92 Å². The second kappa shape index (κ2) is 8.47. The number of carbonyl (C=O) groups is 1. The van der Waals surface area contributed by atoms with Gasteiger partial charge in [0.1, 0.15) is 12.4 Å². The molecule has 0 aliphatic heterocycles. The van der Waals surface area contributed by atoms with Gasteiger partial charge in [-0.15, -0.1) is 0 Å². The van der Waals surface area contributed by atoms with Crippen LogP contribution < -0.4 is 0 Å². The van der Waals surface area contributed by atoms with Gasteiger partial charge in [-0.1, -0.05) is 49.6 Å². The van der Waals surface area contributed by atoms with Gasteiger partial charge in [-0.3, -0.25) is 4.79 Å². The maximum atomic E-state index is 12.6. The highest BCUT2D eigenvalue weighted by Gasteiger charge is 2.32. The Balaban J connectivity index is 2.06. The lowest BCUT2D eigenvalue weighted by molar-refractivity contribution is -0.146. The van der Waals surface area contributed by atoms with Gasteiger partial charge in [0.2, 0.25) is 0 Å². The van der Waals surface area contributed by atoms with Crippen molar-refractivity contribution in [2.75, 3.05) is 24.9 Å². The third kappa shape index (κ3) is 5.06. The zero-order valence-electron chi connectivity index (χ0n) is 13.2. The molecule has 0 bridgehead atoms. The molecule has 21 heavy (non-hydrogen) atoms. The van der Waals surface area contributed by atoms with Crippen LogP contribution in [0.15, 0.2) is 30.3 Å². The summed E-state index contributed by atoms with van der Waals surface area (Å²) >= 11 is 0. The zero-order chi connectivity index (χ0) is 15.1. The van der Waals surface area contributed by atoms with Gasteiger partial charge in [-0.05, 0) is 35.2 Å². The smallest absolute Gasteiger partial charge is 0.313 e. The van der Waals surface area contributed by atoms with Gasteiger partial charge in [0, 0.05) is 0 Å². The molecule has 1 aliphatic rings. The average molecular weight is 307 g/mol. The Bertz CT molecular complexity index is 424. The molecule has 116 valence electrons. The second-order valence-electron chi connectivity index (χ2n) is 6.14. The zero-order valence-corrected chi connectivity index (χ0v) is 14.0. The SMILES string of the molecule is C[S+](C)CCOC(=O)[C@H](c1ccccc1)C1CCCCC1. The molecule has 0 saturated heterocycles. The summed E-state index contributed by atoms with van der Waals surface area (Å²) in [6.45, 7) is 0.561. The number of hydrogen-bond acceptors (Lipinski definition) is 2. The maximum absolute atomic E-state index is 12.6. The number of carbonyl (C=O) groups excluding carboxylic acids is 1. The topological polar surface area (TPSA) is 26.3 Å². The molecule has 1 aliphatic carbocycles. The van der Waals surface area contributed by atoms with E-state index in [1.165, 1.54) is 19.3 Å². The molecule has 0 amide bonds. The van der Waals surface area contributed by atoms with Crippen molar-refractivity contribution in [1.29, 1.82) is 0 Å². The van der Waals surface area contributed by atoms with E-state index in [9.17, 15) is 4.79 Å². The average Bonchev–Trinajstić information content (AvgIpc) is 2.49. The minimum atomic E-state index is -0.0676. The van der Waals surface area contributed by atoms with Gasteiger partial charge >= 0.3 is 5.97 Å². The lowest BCUT2D eigenvalue weighted by Gasteiger charge is -2.29. The van der Waals surface area contributed by atoms with Crippen molar-refractivity contribution < 1.29 is 9.53 Å². The van der Waals surface area contributed by atoms with Crippen molar-refractivity contribution in [1.82, 2.24) is 0 Å². The van der Waals surface area contributed by atoms with Crippen molar-refractivity contribution in [3.63, 3.8) is 0 Å². The van der Waals surface area contributed by atoms with Gasteiger partial charge in [0.25, 0.3) is 0 Å². The predicted octanol–water partition coefficient (Wildman–Crippen LogP) is 3.77. The summed E-state index contributed by atoms with van der Waals surface area (Å²) in [5, 5.41) is 0. The highest BCUT2D eigenvalue weighted by Crippen LogP contribution is 2.36. The molecule has 2 rings (SSSR count). The summed E-state index contributed by atoms with van der Waals surface area (Å²) in [6.07, 6.45) is 10.5. The van der Waals surface area contributed by atoms with E-state index in [0.717, 1.165) is 24.2 Å². The summed E-state index contributed by atoms with van der Waals surface area (Å²) in [6, 6.07) is 10.2. The maximum Gasteiger partial charge on any atom is 0.313 e. The second-order valence-corrected chi connectivity index (χ2v) is 8.52.